The molecule has 220 valence electrons. The Morgan fingerprint density at radius 3 is 2.71 bits per heavy atom. The highest BCUT2D eigenvalue weighted by Gasteiger charge is 2.40. The lowest BCUT2D eigenvalue weighted by molar-refractivity contribution is -0.131. The third kappa shape index (κ3) is 6.33. The van der Waals surface area contributed by atoms with Crippen molar-refractivity contribution in [2.24, 2.45) is 5.92 Å². The predicted octanol–water partition coefficient (Wildman–Crippen LogP) is 4.08. The summed E-state index contributed by atoms with van der Waals surface area (Å²) in [4.78, 5) is 31.5. The molecule has 0 spiro atoms. The number of carbonyl (C=O) groups is 2. The molecule has 1 aromatic carbocycles. The highest BCUT2D eigenvalue weighted by molar-refractivity contribution is 6.31. The number of rotatable bonds is 3. The number of fused-ring (bicyclic) bond motifs is 4. The monoisotopic (exact) mass is 599 g/mol. The molecule has 2 unspecified atom stereocenters. The van der Waals surface area contributed by atoms with Crippen LogP contribution in [0.1, 0.15) is 63.4 Å². The number of nitrogens with one attached hydrogen (secondary N) is 2. The van der Waals surface area contributed by atoms with E-state index in [1.165, 1.54) is 0 Å². The van der Waals surface area contributed by atoms with E-state index in [-0.39, 0.29) is 23.9 Å². The van der Waals surface area contributed by atoms with Gasteiger partial charge in [-0.25, -0.2) is 4.68 Å². The molecule has 41 heavy (non-hydrogen) atoms. The number of halogens is 2. The molecule has 6 rings (SSSR count). The lowest BCUT2D eigenvalue weighted by Crippen LogP contribution is -2.61. The zero-order valence-corrected chi connectivity index (χ0v) is 24.9. The fourth-order valence-electron chi connectivity index (χ4n) is 7.41. The van der Waals surface area contributed by atoms with E-state index in [1.54, 1.807) is 17.0 Å². The largest absolute Gasteiger partial charge is 0.355 e. The molecule has 1 aromatic heterocycles. The highest BCUT2D eigenvalue weighted by atomic mass is 35.5. The van der Waals surface area contributed by atoms with Crippen LogP contribution in [-0.4, -0.2) is 87.5 Å². The van der Waals surface area contributed by atoms with E-state index >= 15 is 0 Å². The number of amides is 2. The van der Waals surface area contributed by atoms with Gasteiger partial charge in [-0.2, -0.15) is 0 Å². The Morgan fingerprint density at radius 1 is 0.976 bits per heavy atom. The first-order valence-corrected chi connectivity index (χ1v) is 15.9. The minimum Gasteiger partial charge on any atom is -0.355 e. The quantitative estimate of drug-likeness (QED) is 0.552. The average Bonchev–Trinajstić information content (AvgIpc) is 3.42. The van der Waals surface area contributed by atoms with Gasteiger partial charge in [-0.1, -0.05) is 47.7 Å². The molecule has 2 aromatic rings. The molecule has 2 bridgehead atoms. The molecule has 4 aliphatic rings. The average molecular weight is 601 g/mol. The predicted molar refractivity (Wildman–Crippen MR) is 160 cm³/mol. The second kappa shape index (κ2) is 12.8. The zero-order valence-electron chi connectivity index (χ0n) is 23.4. The second-order valence-corrected chi connectivity index (χ2v) is 12.7. The molecule has 2 N–H and O–H groups in total. The van der Waals surface area contributed by atoms with Crippen molar-refractivity contribution >= 4 is 40.6 Å². The molecule has 1 saturated carbocycles. The van der Waals surface area contributed by atoms with Gasteiger partial charge < -0.3 is 15.5 Å². The molecule has 9 nitrogen and oxygen atoms in total. The van der Waals surface area contributed by atoms with Crippen molar-refractivity contribution in [3.63, 3.8) is 0 Å². The topological polar surface area (TPSA) is 95.4 Å². The van der Waals surface area contributed by atoms with Crippen LogP contribution in [0, 0.1) is 5.92 Å². The Kier molecular flexibility index (Phi) is 8.95. The third-order valence-electron chi connectivity index (χ3n) is 9.38. The number of carbonyl (C=O) groups excluding carboxylic acids is 2. The SMILES string of the molecule is O=C1NCCCCC[C@H](N2CCC(c3cc(Cl)ccc3-n3cc(Cl)nn3)=CC2=O)C2CCCC(C2)N2CCNC[C@H]12. The standard InChI is InChI=1S/C30H39Cl2N7O2/c31-22-8-9-26(39-19-28(32)35-36-39)24(17-22)20-10-13-38(29(40)16-20)25-7-2-1-3-11-34-30(41)27-18-33-12-14-37(27)23-6-4-5-21(25)15-23/h8-9,16-17,19,21,23,25,27,33H,1-7,10-15,18H2,(H,34,41)/t21?,23?,25-,27+/m0/s1. The molecule has 3 fully saturated rings. The molecule has 1 aliphatic carbocycles. The van der Waals surface area contributed by atoms with Crippen LogP contribution in [0.4, 0.5) is 0 Å². The van der Waals surface area contributed by atoms with Crippen molar-refractivity contribution < 1.29 is 9.59 Å². The maximum absolute atomic E-state index is 13.9. The van der Waals surface area contributed by atoms with Crippen molar-refractivity contribution in [1.29, 1.82) is 0 Å². The molecule has 4 heterocycles. The maximum atomic E-state index is 13.9. The third-order valence-corrected chi connectivity index (χ3v) is 9.79. The molecule has 11 heteroatoms. The van der Waals surface area contributed by atoms with E-state index in [9.17, 15) is 9.59 Å². The summed E-state index contributed by atoms with van der Waals surface area (Å²) in [5.41, 5.74) is 2.63. The summed E-state index contributed by atoms with van der Waals surface area (Å²) < 4.78 is 1.63. The lowest BCUT2D eigenvalue weighted by Gasteiger charge is -2.47. The van der Waals surface area contributed by atoms with Crippen LogP contribution in [-0.2, 0) is 9.59 Å². The van der Waals surface area contributed by atoms with Crippen molar-refractivity contribution in [2.75, 3.05) is 32.7 Å². The first-order chi connectivity index (χ1) is 20.0. The molecular formula is C30H39Cl2N7O2. The normalized spacial score (nSPS) is 28.5. The van der Waals surface area contributed by atoms with Crippen molar-refractivity contribution in [2.45, 2.75) is 75.9 Å². The molecule has 2 saturated heterocycles. The van der Waals surface area contributed by atoms with Crippen molar-refractivity contribution in [3.8, 4) is 5.69 Å². The van der Waals surface area contributed by atoms with Gasteiger partial charge >= 0.3 is 0 Å². The smallest absolute Gasteiger partial charge is 0.247 e. The minimum atomic E-state index is -0.111. The summed E-state index contributed by atoms with van der Waals surface area (Å²) >= 11 is 12.5. The summed E-state index contributed by atoms with van der Waals surface area (Å²) in [5.74, 6) is 0.667. The molecule has 2 amide bonds. The number of hydrogen-bond acceptors (Lipinski definition) is 6. The number of benzene rings is 1. The molecule has 0 radical (unpaired) electrons. The minimum absolute atomic E-state index is 0.0714. The lowest BCUT2D eigenvalue weighted by atomic mass is 9.77. The Hall–Kier alpha value is -2.46. The number of piperazine rings is 1. The summed E-state index contributed by atoms with van der Waals surface area (Å²) in [5, 5.41) is 15.6. The van der Waals surface area contributed by atoms with Crippen molar-refractivity contribution in [1.82, 2.24) is 35.4 Å². The van der Waals surface area contributed by atoms with Crippen LogP contribution in [0.5, 0.6) is 0 Å². The van der Waals surface area contributed by atoms with Gasteiger partial charge in [0.15, 0.2) is 5.15 Å². The Labute approximate surface area is 251 Å². The molecule has 3 aliphatic heterocycles. The Balaban J connectivity index is 1.25. The molecule has 4 atom stereocenters. The van der Waals surface area contributed by atoms with Gasteiger partial charge in [0.2, 0.25) is 11.8 Å². The van der Waals surface area contributed by atoms with Gasteiger partial charge in [0, 0.05) is 61.5 Å². The fourth-order valence-corrected chi connectivity index (χ4v) is 7.70. The number of nitrogens with zero attached hydrogens (tertiary/aromatic N) is 5. The van der Waals surface area contributed by atoms with E-state index in [0.717, 1.165) is 94.2 Å². The van der Waals surface area contributed by atoms with Crippen LogP contribution >= 0.6 is 23.2 Å². The van der Waals surface area contributed by atoms with Crippen LogP contribution in [0.3, 0.4) is 0 Å². The Morgan fingerprint density at radius 2 is 1.88 bits per heavy atom. The zero-order chi connectivity index (χ0) is 28.3. The van der Waals surface area contributed by atoms with E-state index < -0.39 is 0 Å². The highest BCUT2D eigenvalue weighted by Crippen LogP contribution is 2.38. The Bertz CT molecular complexity index is 1300. The van der Waals surface area contributed by atoms with Crippen LogP contribution in [0.2, 0.25) is 10.2 Å². The van der Waals surface area contributed by atoms with E-state index in [0.29, 0.717) is 35.2 Å². The molecular weight excluding hydrogens is 561 g/mol. The summed E-state index contributed by atoms with van der Waals surface area (Å²) in [7, 11) is 0. The summed E-state index contributed by atoms with van der Waals surface area (Å²) in [6, 6.07) is 6.07. The fraction of sp³-hybridized carbons (Fsp3) is 0.600. The maximum Gasteiger partial charge on any atom is 0.247 e. The van der Waals surface area contributed by atoms with E-state index in [2.05, 4.69) is 30.7 Å². The summed E-state index contributed by atoms with van der Waals surface area (Å²) in [6.07, 6.45) is 12.7. The van der Waals surface area contributed by atoms with Gasteiger partial charge in [0.25, 0.3) is 0 Å². The van der Waals surface area contributed by atoms with Gasteiger partial charge in [-0.05, 0) is 68.2 Å². The van der Waals surface area contributed by atoms with Gasteiger partial charge in [-0.15, -0.1) is 5.10 Å². The van der Waals surface area contributed by atoms with Crippen LogP contribution in [0.15, 0.2) is 30.5 Å². The number of hydrogen-bond donors (Lipinski definition) is 2. The first-order valence-electron chi connectivity index (χ1n) is 15.1. The summed E-state index contributed by atoms with van der Waals surface area (Å²) in [6.45, 7) is 3.92. The van der Waals surface area contributed by atoms with E-state index in [1.807, 2.05) is 18.2 Å². The second-order valence-electron chi connectivity index (χ2n) is 11.8. The van der Waals surface area contributed by atoms with Gasteiger partial charge in [0.05, 0.1) is 11.9 Å². The van der Waals surface area contributed by atoms with Gasteiger partial charge in [0.1, 0.15) is 6.04 Å². The van der Waals surface area contributed by atoms with E-state index in [4.69, 9.17) is 23.2 Å². The number of aromatic nitrogens is 3. The first kappa shape index (κ1) is 28.6. The van der Waals surface area contributed by atoms with Crippen LogP contribution < -0.4 is 10.6 Å². The van der Waals surface area contributed by atoms with Gasteiger partial charge in [-0.3, -0.25) is 14.5 Å². The van der Waals surface area contributed by atoms with Crippen molar-refractivity contribution in [3.05, 3.63) is 46.2 Å². The van der Waals surface area contributed by atoms with Crippen LogP contribution in [0.25, 0.3) is 11.3 Å².